The van der Waals surface area contributed by atoms with E-state index in [1.807, 2.05) is 6.07 Å². The molecule has 3 saturated heterocycles. The molecule has 30 heavy (non-hydrogen) atoms. The molecule has 2 aromatic rings. The van der Waals surface area contributed by atoms with Crippen molar-refractivity contribution < 1.29 is 13.9 Å². The van der Waals surface area contributed by atoms with Crippen LogP contribution in [0.25, 0.3) is 0 Å². The van der Waals surface area contributed by atoms with Crippen LogP contribution in [0.4, 0.5) is 10.3 Å². The van der Waals surface area contributed by atoms with Crippen molar-refractivity contribution in [3.8, 4) is 5.75 Å². The number of fused-ring (bicyclic) bond motifs is 4. The van der Waals surface area contributed by atoms with Crippen molar-refractivity contribution in [2.75, 3.05) is 25.1 Å². The minimum Gasteiger partial charge on any atom is -0.494 e. The first kappa shape index (κ1) is 19.3. The molecular formula is C23H27FN4O2. The van der Waals surface area contributed by atoms with Gasteiger partial charge in [-0.15, -0.1) is 0 Å². The number of carbonyl (C=O) groups excluding carboxylic acids is 1. The summed E-state index contributed by atoms with van der Waals surface area (Å²) in [6, 6.07) is 7.13. The topological polar surface area (TPSA) is 58.6 Å². The molecule has 0 radical (unpaired) electrons. The number of benzene rings is 1. The molecule has 5 rings (SSSR count). The van der Waals surface area contributed by atoms with Crippen LogP contribution in [-0.2, 0) is 11.2 Å². The van der Waals surface area contributed by atoms with Crippen LogP contribution < -0.4 is 9.64 Å². The monoisotopic (exact) mass is 410 g/mol. The van der Waals surface area contributed by atoms with Gasteiger partial charge in [-0.2, -0.15) is 0 Å². The second kappa shape index (κ2) is 7.85. The largest absolute Gasteiger partial charge is 0.494 e. The Labute approximate surface area is 176 Å². The molecule has 1 aromatic heterocycles. The van der Waals surface area contributed by atoms with Crippen LogP contribution in [0, 0.1) is 17.7 Å². The Balaban J connectivity index is 1.45. The second-order valence-electron chi connectivity index (χ2n) is 8.75. The molecule has 1 aromatic carbocycles. The van der Waals surface area contributed by atoms with Crippen molar-refractivity contribution >= 4 is 11.9 Å². The lowest BCUT2D eigenvalue weighted by molar-refractivity contribution is -0.148. The smallest absolute Gasteiger partial charge is 0.225 e. The van der Waals surface area contributed by atoms with Crippen molar-refractivity contribution in [1.82, 2.24) is 14.9 Å². The number of anilines is 1. The van der Waals surface area contributed by atoms with Crippen LogP contribution in [0.15, 0.2) is 36.7 Å². The average Bonchev–Trinajstić information content (AvgIpc) is 2.77. The van der Waals surface area contributed by atoms with Gasteiger partial charge in [-0.25, -0.2) is 14.4 Å². The molecule has 3 aliphatic rings. The maximum Gasteiger partial charge on any atom is 0.225 e. The molecular weight excluding hydrogens is 383 g/mol. The SMILES string of the molecule is COc1cnc(N2C[C@H]3C[C@@H](C2)[C@H](Cc2cccc(F)c2)N2C(=O)CCC[C@@H]32)nc1. The van der Waals surface area contributed by atoms with Crippen LogP contribution >= 0.6 is 0 Å². The predicted octanol–water partition coefficient (Wildman–Crippen LogP) is 3.07. The molecule has 4 heterocycles. The number of nitrogens with zero attached hydrogens (tertiary/aromatic N) is 4. The number of halogens is 1. The van der Waals surface area contributed by atoms with Gasteiger partial charge in [-0.05, 0) is 55.2 Å². The zero-order valence-electron chi connectivity index (χ0n) is 17.2. The standard InChI is InChI=1S/C23H27FN4O2/c1-30-19-11-25-23(26-12-19)27-13-16-10-17(14-27)21(9-15-4-2-5-18(24)8-15)28-20(16)6-3-7-22(28)29/h2,4-5,8,11-12,16-17,20-21H,3,6-7,9-10,13-14H2,1H3/t16-,17+,20+,21+/m1/s1. The Morgan fingerprint density at radius 1 is 1.20 bits per heavy atom. The number of carbonyl (C=O) groups is 1. The lowest BCUT2D eigenvalue weighted by atomic mass is 9.71. The highest BCUT2D eigenvalue weighted by molar-refractivity contribution is 5.78. The summed E-state index contributed by atoms with van der Waals surface area (Å²) in [6.07, 6.45) is 7.81. The van der Waals surface area contributed by atoms with E-state index < -0.39 is 0 Å². The second-order valence-corrected chi connectivity index (χ2v) is 8.75. The predicted molar refractivity (Wildman–Crippen MR) is 111 cm³/mol. The fraction of sp³-hybridized carbons (Fsp3) is 0.522. The van der Waals surface area contributed by atoms with Crippen molar-refractivity contribution in [1.29, 1.82) is 0 Å². The summed E-state index contributed by atoms with van der Waals surface area (Å²) in [7, 11) is 1.61. The molecule has 6 nitrogen and oxygen atoms in total. The molecule has 0 saturated carbocycles. The number of ether oxygens (including phenoxy) is 1. The summed E-state index contributed by atoms with van der Waals surface area (Å²) in [6.45, 7) is 1.67. The normalized spacial score (nSPS) is 28.3. The van der Waals surface area contributed by atoms with Crippen LogP contribution in [0.1, 0.15) is 31.2 Å². The van der Waals surface area contributed by atoms with E-state index >= 15 is 0 Å². The minimum atomic E-state index is -0.223. The van der Waals surface area contributed by atoms with E-state index in [4.69, 9.17) is 4.74 Å². The molecule has 3 fully saturated rings. The van der Waals surface area contributed by atoms with Gasteiger partial charge in [0.25, 0.3) is 0 Å². The Kier molecular flexibility index (Phi) is 5.05. The van der Waals surface area contributed by atoms with E-state index in [-0.39, 0.29) is 23.8 Å². The Hall–Kier alpha value is -2.70. The molecule has 0 spiro atoms. The van der Waals surface area contributed by atoms with Crippen LogP contribution in [0.2, 0.25) is 0 Å². The Morgan fingerprint density at radius 3 is 2.77 bits per heavy atom. The number of rotatable bonds is 4. The average molecular weight is 410 g/mol. The summed E-state index contributed by atoms with van der Waals surface area (Å²) in [4.78, 5) is 26.4. The lowest BCUT2D eigenvalue weighted by Gasteiger charge is -2.56. The lowest BCUT2D eigenvalue weighted by Crippen LogP contribution is -2.65. The van der Waals surface area contributed by atoms with Crippen LogP contribution in [-0.4, -0.2) is 53.1 Å². The maximum atomic E-state index is 13.8. The van der Waals surface area contributed by atoms with E-state index in [9.17, 15) is 9.18 Å². The first-order valence-electron chi connectivity index (χ1n) is 10.8. The maximum absolute atomic E-state index is 13.8. The molecule has 7 heteroatoms. The zero-order valence-corrected chi connectivity index (χ0v) is 17.2. The van der Waals surface area contributed by atoms with E-state index in [2.05, 4.69) is 19.8 Å². The highest BCUT2D eigenvalue weighted by Crippen LogP contribution is 2.43. The minimum absolute atomic E-state index is 0.0851. The number of amides is 1. The van der Waals surface area contributed by atoms with Crippen molar-refractivity contribution in [2.45, 2.75) is 44.2 Å². The third-order valence-electron chi connectivity index (χ3n) is 6.96. The number of hydrogen-bond donors (Lipinski definition) is 0. The molecule has 0 unspecified atom stereocenters. The van der Waals surface area contributed by atoms with Gasteiger partial charge in [-0.3, -0.25) is 4.79 Å². The number of aromatic nitrogens is 2. The highest BCUT2D eigenvalue weighted by atomic mass is 19.1. The highest BCUT2D eigenvalue weighted by Gasteiger charge is 2.49. The molecule has 2 bridgehead atoms. The number of methoxy groups -OCH3 is 1. The number of hydrogen-bond acceptors (Lipinski definition) is 5. The van der Waals surface area contributed by atoms with E-state index in [0.29, 0.717) is 36.4 Å². The summed E-state index contributed by atoms with van der Waals surface area (Å²) >= 11 is 0. The van der Waals surface area contributed by atoms with Gasteiger partial charge >= 0.3 is 0 Å². The van der Waals surface area contributed by atoms with Crippen molar-refractivity contribution in [3.05, 3.63) is 48.0 Å². The first-order valence-corrected chi connectivity index (χ1v) is 10.8. The van der Waals surface area contributed by atoms with Gasteiger partial charge in [0, 0.05) is 31.6 Å². The molecule has 0 N–H and O–H groups in total. The molecule has 158 valence electrons. The summed E-state index contributed by atoms with van der Waals surface area (Å²) in [5, 5.41) is 0. The van der Waals surface area contributed by atoms with E-state index in [1.165, 1.54) is 6.07 Å². The third-order valence-corrected chi connectivity index (χ3v) is 6.96. The third kappa shape index (κ3) is 3.50. The Morgan fingerprint density at radius 2 is 2.00 bits per heavy atom. The summed E-state index contributed by atoms with van der Waals surface area (Å²) in [5.41, 5.74) is 0.952. The van der Waals surface area contributed by atoms with Crippen LogP contribution in [0.3, 0.4) is 0 Å². The quantitative estimate of drug-likeness (QED) is 0.775. The summed E-state index contributed by atoms with van der Waals surface area (Å²) in [5.74, 6) is 2.13. The van der Waals surface area contributed by atoms with Gasteiger partial charge in [0.05, 0.1) is 19.5 Å². The van der Waals surface area contributed by atoms with Gasteiger partial charge in [0.15, 0.2) is 5.75 Å². The fourth-order valence-electron chi connectivity index (χ4n) is 5.68. The molecule has 1 amide bonds. The van der Waals surface area contributed by atoms with E-state index in [1.54, 1.807) is 31.6 Å². The zero-order chi connectivity index (χ0) is 20.7. The molecule has 3 aliphatic heterocycles. The van der Waals surface area contributed by atoms with Gasteiger partial charge in [0.2, 0.25) is 11.9 Å². The first-order chi connectivity index (χ1) is 14.6. The van der Waals surface area contributed by atoms with Crippen molar-refractivity contribution in [2.24, 2.45) is 11.8 Å². The number of piperidine rings is 3. The van der Waals surface area contributed by atoms with Gasteiger partial charge < -0.3 is 14.5 Å². The molecule has 4 atom stereocenters. The van der Waals surface area contributed by atoms with Crippen molar-refractivity contribution in [3.63, 3.8) is 0 Å². The van der Waals surface area contributed by atoms with Crippen LogP contribution in [0.5, 0.6) is 5.75 Å². The van der Waals surface area contributed by atoms with Gasteiger partial charge in [-0.1, -0.05) is 12.1 Å². The molecule has 0 aliphatic carbocycles. The van der Waals surface area contributed by atoms with E-state index in [0.717, 1.165) is 37.9 Å². The fourth-order valence-corrected chi connectivity index (χ4v) is 5.68. The summed E-state index contributed by atoms with van der Waals surface area (Å²) < 4.78 is 19.0. The Bertz CT molecular complexity index is 922. The van der Waals surface area contributed by atoms with Gasteiger partial charge in [0.1, 0.15) is 5.82 Å².